The van der Waals surface area contributed by atoms with E-state index in [1.807, 2.05) is 0 Å². The first-order valence-corrected chi connectivity index (χ1v) is 5.83. The Balaban J connectivity index is 2.62. The maximum Gasteiger partial charge on any atom is 0.335 e. The number of esters is 1. The Morgan fingerprint density at radius 3 is 2.58 bits per heavy atom. The number of amides is 2. The van der Waals surface area contributed by atoms with Crippen molar-refractivity contribution in [1.82, 2.24) is 4.90 Å². The Morgan fingerprint density at radius 1 is 1.58 bits per heavy atom. The molecule has 0 bridgehead atoms. The van der Waals surface area contributed by atoms with Crippen molar-refractivity contribution in [2.45, 2.75) is 32.7 Å². The minimum atomic E-state index is -1.05. The van der Waals surface area contributed by atoms with Crippen LogP contribution >= 0.6 is 12.2 Å². The molecule has 0 aromatic rings. The maximum absolute atomic E-state index is 11.8. The first-order chi connectivity index (χ1) is 8.73. The average molecular weight is 286 g/mol. The molecule has 2 atom stereocenters. The van der Waals surface area contributed by atoms with Crippen molar-refractivity contribution in [2.75, 3.05) is 0 Å². The largest absolute Gasteiger partial charge is 0.433 e. The molecule has 1 heterocycles. The summed E-state index contributed by atoms with van der Waals surface area (Å²) >= 11 is 4.59. The van der Waals surface area contributed by atoms with Gasteiger partial charge >= 0.3 is 5.97 Å². The van der Waals surface area contributed by atoms with Gasteiger partial charge in [0, 0.05) is 5.57 Å². The number of rotatable bonds is 4. The number of imide groups is 1. The van der Waals surface area contributed by atoms with Crippen LogP contribution in [-0.2, 0) is 23.9 Å². The summed E-state index contributed by atoms with van der Waals surface area (Å²) in [5.41, 5.74) is 5.46. The lowest BCUT2D eigenvalue weighted by Crippen LogP contribution is -2.42. The van der Waals surface area contributed by atoms with Gasteiger partial charge in [-0.1, -0.05) is 6.58 Å². The second-order valence-electron chi connectivity index (χ2n) is 3.99. The summed E-state index contributed by atoms with van der Waals surface area (Å²) < 4.78 is 10.0. The SMILES string of the molecule is C=C(C)C(=O)OC(C)OC1CC(=O)N(C(N)=S)C1=O. The van der Waals surface area contributed by atoms with Crippen molar-refractivity contribution < 1.29 is 23.9 Å². The molecule has 0 aromatic heterocycles. The molecule has 1 fully saturated rings. The molecular weight excluding hydrogens is 272 g/mol. The zero-order valence-electron chi connectivity index (χ0n) is 10.5. The lowest BCUT2D eigenvalue weighted by Gasteiger charge is -2.17. The molecule has 2 unspecified atom stereocenters. The van der Waals surface area contributed by atoms with E-state index in [0.29, 0.717) is 4.90 Å². The van der Waals surface area contributed by atoms with Crippen LogP contribution in [0.5, 0.6) is 0 Å². The summed E-state index contributed by atoms with van der Waals surface area (Å²) in [6.07, 6.45) is -2.23. The van der Waals surface area contributed by atoms with E-state index in [1.54, 1.807) is 0 Å². The van der Waals surface area contributed by atoms with Crippen LogP contribution in [0.3, 0.4) is 0 Å². The summed E-state index contributed by atoms with van der Waals surface area (Å²) in [5.74, 6) is -1.84. The third kappa shape index (κ3) is 3.58. The van der Waals surface area contributed by atoms with E-state index in [4.69, 9.17) is 15.2 Å². The van der Waals surface area contributed by atoms with Crippen molar-refractivity contribution in [1.29, 1.82) is 0 Å². The third-order valence-electron chi connectivity index (χ3n) is 2.30. The summed E-state index contributed by atoms with van der Waals surface area (Å²) in [7, 11) is 0. The van der Waals surface area contributed by atoms with Crippen molar-refractivity contribution in [3.05, 3.63) is 12.2 Å². The summed E-state index contributed by atoms with van der Waals surface area (Å²) in [6.45, 7) is 6.32. The Hall–Kier alpha value is -1.80. The van der Waals surface area contributed by atoms with Crippen molar-refractivity contribution in [2.24, 2.45) is 5.73 Å². The fraction of sp³-hybridized carbons (Fsp3) is 0.455. The standard InChI is InChI=1S/C11H14N2O5S/c1-5(2)10(16)18-6(3)17-7-4-8(14)13(9(7)15)11(12)19/h6-7H,1,4H2,2-3H3,(H2,12,19). The Bertz CT molecular complexity index is 462. The molecule has 19 heavy (non-hydrogen) atoms. The molecule has 0 aromatic carbocycles. The number of likely N-dealkylation sites (tertiary alicyclic amines) is 1. The average Bonchev–Trinajstić information content (AvgIpc) is 2.53. The molecule has 7 nitrogen and oxygen atoms in total. The lowest BCUT2D eigenvalue weighted by molar-refractivity contribution is -0.183. The molecule has 2 amide bonds. The lowest BCUT2D eigenvalue weighted by atomic mass is 10.3. The van der Waals surface area contributed by atoms with E-state index < -0.39 is 30.2 Å². The van der Waals surface area contributed by atoms with Crippen LogP contribution in [0.4, 0.5) is 0 Å². The number of hydrogen-bond acceptors (Lipinski definition) is 6. The summed E-state index contributed by atoms with van der Waals surface area (Å²) in [4.78, 5) is 35.2. The summed E-state index contributed by atoms with van der Waals surface area (Å²) in [6, 6.07) is 0. The highest BCUT2D eigenvalue weighted by atomic mass is 32.1. The highest BCUT2D eigenvalue weighted by Crippen LogP contribution is 2.18. The predicted molar refractivity (Wildman–Crippen MR) is 68.5 cm³/mol. The van der Waals surface area contributed by atoms with Gasteiger partial charge < -0.3 is 15.2 Å². The van der Waals surface area contributed by atoms with Crippen molar-refractivity contribution >= 4 is 35.1 Å². The Kier molecular flexibility index (Phi) is 4.73. The second kappa shape index (κ2) is 5.89. The van der Waals surface area contributed by atoms with E-state index in [2.05, 4.69) is 18.8 Å². The molecule has 0 aliphatic carbocycles. The van der Waals surface area contributed by atoms with Crippen LogP contribution in [-0.4, -0.2) is 40.2 Å². The third-order valence-corrected chi connectivity index (χ3v) is 2.49. The molecule has 2 N–H and O–H groups in total. The van der Waals surface area contributed by atoms with Gasteiger partial charge in [-0.05, 0) is 26.1 Å². The quantitative estimate of drug-likeness (QED) is 0.252. The molecular formula is C11H14N2O5S. The molecule has 1 aliphatic heterocycles. The number of hydrogen-bond donors (Lipinski definition) is 1. The normalized spacial score (nSPS) is 20.3. The topological polar surface area (TPSA) is 98.9 Å². The Morgan fingerprint density at radius 2 is 2.16 bits per heavy atom. The van der Waals surface area contributed by atoms with Gasteiger partial charge in [-0.25, -0.2) is 9.69 Å². The van der Waals surface area contributed by atoms with Gasteiger partial charge in [0.05, 0.1) is 6.42 Å². The number of thiocarbonyl (C=S) groups is 1. The van der Waals surface area contributed by atoms with Gasteiger partial charge in [0.2, 0.25) is 12.2 Å². The van der Waals surface area contributed by atoms with Crippen LogP contribution in [0.25, 0.3) is 0 Å². The van der Waals surface area contributed by atoms with E-state index in [0.717, 1.165) is 0 Å². The zero-order chi connectivity index (χ0) is 14.7. The number of carbonyl (C=O) groups is 3. The number of ether oxygens (including phenoxy) is 2. The predicted octanol–water partition coefficient (Wildman–Crippen LogP) is -0.161. The van der Waals surface area contributed by atoms with E-state index in [1.165, 1.54) is 13.8 Å². The van der Waals surface area contributed by atoms with Crippen LogP contribution in [0.1, 0.15) is 20.3 Å². The number of carbonyl (C=O) groups excluding carboxylic acids is 3. The fourth-order valence-corrected chi connectivity index (χ4v) is 1.64. The zero-order valence-corrected chi connectivity index (χ0v) is 11.4. The van der Waals surface area contributed by atoms with E-state index in [-0.39, 0.29) is 17.1 Å². The molecule has 1 saturated heterocycles. The summed E-state index contributed by atoms with van der Waals surface area (Å²) in [5, 5.41) is -0.326. The minimum Gasteiger partial charge on any atom is -0.433 e. The highest BCUT2D eigenvalue weighted by Gasteiger charge is 2.42. The molecule has 0 spiro atoms. The van der Waals surface area contributed by atoms with Gasteiger partial charge in [0.25, 0.3) is 5.91 Å². The highest BCUT2D eigenvalue weighted by molar-refractivity contribution is 7.80. The molecule has 0 saturated carbocycles. The molecule has 0 radical (unpaired) electrons. The minimum absolute atomic E-state index is 0.189. The molecule has 8 heteroatoms. The second-order valence-corrected chi connectivity index (χ2v) is 4.41. The van der Waals surface area contributed by atoms with E-state index >= 15 is 0 Å². The monoisotopic (exact) mass is 286 g/mol. The first kappa shape index (κ1) is 15.3. The van der Waals surface area contributed by atoms with Gasteiger partial charge in [0.15, 0.2) is 5.11 Å². The van der Waals surface area contributed by atoms with Gasteiger partial charge in [-0.15, -0.1) is 0 Å². The van der Waals surface area contributed by atoms with Gasteiger partial charge in [-0.3, -0.25) is 9.59 Å². The van der Waals surface area contributed by atoms with E-state index in [9.17, 15) is 14.4 Å². The number of nitrogens with zero attached hydrogens (tertiary/aromatic N) is 1. The molecule has 1 aliphatic rings. The van der Waals surface area contributed by atoms with Crippen LogP contribution in [0.2, 0.25) is 0 Å². The van der Waals surface area contributed by atoms with Crippen LogP contribution in [0, 0.1) is 0 Å². The fourth-order valence-electron chi connectivity index (χ4n) is 1.45. The van der Waals surface area contributed by atoms with Crippen molar-refractivity contribution in [3.63, 3.8) is 0 Å². The van der Waals surface area contributed by atoms with Crippen LogP contribution < -0.4 is 5.73 Å². The van der Waals surface area contributed by atoms with Crippen molar-refractivity contribution in [3.8, 4) is 0 Å². The maximum atomic E-state index is 11.8. The molecule has 104 valence electrons. The molecule has 1 rings (SSSR count). The van der Waals surface area contributed by atoms with Gasteiger partial charge in [-0.2, -0.15) is 0 Å². The first-order valence-electron chi connectivity index (χ1n) is 5.42. The van der Waals surface area contributed by atoms with Crippen LogP contribution in [0.15, 0.2) is 12.2 Å². The smallest absolute Gasteiger partial charge is 0.335 e. The number of nitrogens with two attached hydrogens (primary N) is 1. The Labute approximate surface area is 115 Å². The van der Waals surface area contributed by atoms with Gasteiger partial charge in [0.1, 0.15) is 6.10 Å².